The maximum Gasteiger partial charge on any atom is 0.272 e. The van der Waals surface area contributed by atoms with Crippen LogP contribution in [0.5, 0.6) is 5.75 Å². The van der Waals surface area contributed by atoms with Crippen LogP contribution in [0.1, 0.15) is 23.1 Å². The van der Waals surface area contributed by atoms with Crippen LogP contribution in [0.3, 0.4) is 0 Å². The van der Waals surface area contributed by atoms with Crippen LogP contribution >= 0.6 is 27.5 Å². The zero-order valence-electron chi connectivity index (χ0n) is 15.0. The predicted molar refractivity (Wildman–Crippen MR) is 106 cm³/mol. The third-order valence-corrected chi connectivity index (χ3v) is 4.93. The smallest absolute Gasteiger partial charge is 0.272 e. The van der Waals surface area contributed by atoms with Gasteiger partial charge in [0.1, 0.15) is 11.4 Å². The Kier molecular flexibility index (Phi) is 6.18. The van der Waals surface area contributed by atoms with Gasteiger partial charge in [0.15, 0.2) is 6.73 Å². The molecule has 2 heterocycles. The van der Waals surface area contributed by atoms with Crippen LogP contribution in [0, 0.1) is 0 Å². The van der Waals surface area contributed by atoms with E-state index >= 15 is 0 Å². The summed E-state index contributed by atoms with van der Waals surface area (Å²) in [5.41, 5.74) is 1.22. The van der Waals surface area contributed by atoms with Gasteiger partial charge in [-0.1, -0.05) is 23.7 Å². The maximum atomic E-state index is 12.8. The molecule has 0 saturated carbocycles. The molecule has 142 valence electrons. The van der Waals surface area contributed by atoms with Crippen molar-refractivity contribution in [1.82, 2.24) is 24.5 Å². The number of carbonyl (C=O) groups excluding carboxylic acids is 1. The van der Waals surface area contributed by atoms with Gasteiger partial charge in [-0.15, -0.1) is 0 Å². The molecule has 0 bridgehead atoms. The van der Waals surface area contributed by atoms with E-state index in [1.165, 1.54) is 4.68 Å². The number of aryl methyl sites for hydroxylation is 1. The molecule has 2 aromatic heterocycles. The first-order chi connectivity index (χ1) is 13.0. The predicted octanol–water partition coefficient (Wildman–Crippen LogP) is 3.82. The van der Waals surface area contributed by atoms with Gasteiger partial charge in [0, 0.05) is 26.0 Å². The lowest BCUT2D eigenvalue weighted by Crippen LogP contribution is -2.29. The second-order valence-electron chi connectivity index (χ2n) is 5.86. The first-order valence-electron chi connectivity index (χ1n) is 8.36. The first kappa shape index (κ1) is 19.4. The summed E-state index contributed by atoms with van der Waals surface area (Å²) >= 11 is 9.58. The van der Waals surface area contributed by atoms with Crippen molar-refractivity contribution in [3.8, 4) is 5.75 Å². The van der Waals surface area contributed by atoms with Crippen LogP contribution in [0.25, 0.3) is 0 Å². The van der Waals surface area contributed by atoms with E-state index in [1.807, 2.05) is 29.9 Å². The van der Waals surface area contributed by atoms with Gasteiger partial charge >= 0.3 is 0 Å². The SMILES string of the molecule is CCn1cc(Br)c(CN(C)C(=O)c2ccnn2COc2ccccc2Cl)n1. The second-order valence-corrected chi connectivity index (χ2v) is 7.12. The molecule has 3 aromatic rings. The summed E-state index contributed by atoms with van der Waals surface area (Å²) in [6.07, 6.45) is 3.47. The van der Waals surface area contributed by atoms with E-state index in [-0.39, 0.29) is 12.6 Å². The molecular formula is C18H19BrClN5O2. The number of rotatable bonds is 7. The van der Waals surface area contributed by atoms with Crippen LogP contribution < -0.4 is 4.74 Å². The average Bonchev–Trinajstić information content (AvgIpc) is 3.27. The summed E-state index contributed by atoms with van der Waals surface area (Å²) in [4.78, 5) is 14.4. The van der Waals surface area contributed by atoms with Crippen molar-refractivity contribution in [2.75, 3.05) is 7.05 Å². The summed E-state index contributed by atoms with van der Waals surface area (Å²) in [7, 11) is 1.73. The van der Waals surface area contributed by atoms with Crippen molar-refractivity contribution in [1.29, 1.82) is 0 Å². The van der Waals surface area contributed by atoms with E-state index in [4.69, 9.17) is 16.3 Å². The Morgan fingerprint density at radius 3 is 2.81 bits per heavy atom. The van der Waals surface area contributed by atoms with Crippen LogP contribution in [0.4, 0.5) is 0 Å². The molecule has 0 spiro atoms. The lowest BCUT2D eigenvalue weighted by atomic mass is 10.3. The number of ether oxygens (including phenoxy) is 1. The number of amides is 1. The molecule has 3 rings (SSSR count). The van der Waals surface area contributed by atoms with E-state index in [9.17, 15) is 4.79 Å². The fourth-order valence-corrected chi connectivity index (χ4v) is 3.14. The maximum absolute atomic E-state index is 12.8. The molecule has 0 aliphatic heterocycles. The van der Waals surface area contributed by atoms with Crippen molar-refractivity contribution >= 4 is 33.4 Å². The number of hydrogen-bond acceptors (Lipinski definition) is 4. The number of halogens is 2. The summed E-state index contributed by atoms with van der Waals surface area (Å²) in [5, 5.41) is 9.14. The van der Waals surface area contributed by atoms with Crippen LogP contribution in [-0.2, 0) is 19.8 Å². The van der Waals surface area contributed by atoms with E-state index in [1.54, 1.807) is 36.3 Å². The van der Waals surface area contributed by atoms with Gasteiger partial charge in [0.25, 0.3) is 5.91 Å². The van der Waals surface area contributed by atoms with E-state index < -0.39 is 0 Å². The van der Waals surface area contributed by atoms with Gasteiger partial charge in [0.2, 0.25) is 0 Å². The molecule has 0 fully saturated rings. The normalized spacial score (nSPS) is 10.8. The van der Waals surface area contributed by atoms with E-state index in [0.717, 1.165) is 16.7 Å². The summed E-state index contributed by atoms with van der Waals surface area (Å²) in [5.74, 6) is 0.365. The molecule has 0 saturated heterocycles. The van der Waals surface area contributed by atoms with Crippen molar-refractivity contribution in [2.24, 2.45) is 0 Å². The van der Waals surface area contributed by atoms with Crippen LogP contribution in [0.15, 0.2) is 47.2 Å². The van der Waals surface area contributed by atoms with E-state index in [2.05, 4.69) is 26.1 Å². The lowest BCUT2D eigenvalue weighted by Gasteiger charge is -2.17. The zero-order valence-corrected chi connectivity index (χ0v) is 17.3. The second kappa shape index (κ2) is 8.58. The molecule has 1 aromatic carbocycles. The van der Waals surface area contributed by atoms with Crippen molar-refractivity contribution in [3.05, 3.63) is 63.6 Å². The standard InChI is InChI=1S/C18H19BrClN5O2/c1-3-24-10-13(19)15(22-24)11-23(2)18(26)16-8-9-21-25(16)12-27-17-7-5-4-6-14(17)20/h4-10H,3,11-12H2,1-2H3. The Hall–Kier alpha value is -2.32. The topological polar surface area (TPSA) is 65.2 Å². The molecule has 0 unspecified atom stereocenters. The van der Waals surface area contributed by atoms with Gasteiger partial charge < -0.3 is 9.64 Å². The Balaban J connectivity index is 1.69. The third-order valence-electron chi connectivity index (χ3n) is 3.96. The quantitative estimate of drug-likeness (QED) is 0.546. The summed E-state index contributed by atoms with van der Waals surface area (Å²) in [6.45, 7) is 3.24. The Morgan fingerprint density at radius 1 is 1.33 bits per heavy atom. The minimum absolute atomic E-state index is 0.0831. The van der Waals surface area contributed by atoms with Crippen LogP contribution in [0.2, 0.25) is 5.02 Å². The summed E-state index contributed by atoms with van der Waals surface area (Å²) < 4.78 is 9.88. The first-order valence-corrected chi connectivity index (χ1v) is 9.53. The van der Waals surface area contributed by atoms with Crippen LogP contribution in [-0.4, -0.2) is 37.4 Å². The summed E-state index contributed by atoms with van der Waals surface area (Å²) in [6, 6.07) is 8.82. The molecule has 27 heavy (non-hydrogen) atoms. The molecule has 7 nitrogen and oxygen atoms in total. The number of carbonyl (C=O) groups is 1. The largest absolute Gasteiger partial charge is 0.470 e. The Bertz CT molecular complexity index is 939. The molecule has 9 heteroatoms. The molecule has 0 aliphatic carbocycles. The van der Waals surface area contributed by atoms with Gasteiger partial charge in [-0.05, 0) is 41.1 Å². The van der Waals surface area contributed by atoms with E-state index in [0.29, 0.717) is 23.0 Å². The molecule has 0 atom stereocenters. The third kappa shape index (κ3) is 4.51. The van der Waals surface area contributed by atoms with Gasteiger partial charge in [-0.2, -0.15) is 10.2 Å². The number of para-hydroxylation sites is 1. The lowest BCUT2D eigenvalue weighted by molar-refractivity contribution is 0.0760. The highest BCUT2D eigenvalue weighted by Crippen LogP contribution is 2.23. The molecule has 0 radical (unpaired) electrons. The highest BCUT2D eigenvalue weighted by atomic mass is 79.9. The Morgan fingerprint density at radius 2 is 2.11 bits per heavy atom. The van der Waals surface area contributed by atoms with Crippen molar-refractivity contribution in [2.45, 2.75) is 26.7 Å². The fraction of sp³-hybridized carbons (Fsp3) is 0.278. The highest BCUT2D eigenvalue weighted by molar-refractivity contribution is 9.10. The van der Waals surface area contributed by atoms with Crippen molar-refractivity contribution in [3.63, 3.8) is 0 Å². The molecule has 0 aliphatic rings. The molecule has 1 amide bonds. The average molecular weight is 453 g/mol. The molecular weight excluding hydrogens is 434 g/mol. The van der Waals surface area contributed by atoms with Gasteiger partial charge in [-0.25, -0.2) is 4.68 Å². The number of benzene rings is 1. The number of hydrogen-bond donors (Lipinski definition) is 0. The van der Waals surface area contributed by atoms with Gasteiger partial charge in [-0.3, -0.25) is 9.48 Å². The zero-order chi connectivity index (χ0) is 19.4. The highest BCUT2D eigenvalue weighted by Gasteiger charge is 2.19. The molecule has 0 N–H and O–H groups in total. The minimum atomic E-state index is -0.173. The monoisotopic (exact) mass is 451 g/mol. The fourth-order valence-electron chi connectivity index (χ4n) is 2.51. The van der Waals surface area contributed by atoms with Gasteiger partial charge in [0.05, 0.1) is 21.7 Å². The van der Waals surface area contributed by atoms with Crippen molar-refractivity contribution < 1.29 is 9.53 Å². The number of nitrogens with zero attached hydrogens (tertiary/aromatic N) is 5. The number of aromatic nitrogens is 4. The minimum Gasteiger partial charge on any atom is -0.470 e. The Labute approximate surface area is 170 Å².